The molecule has 25 heavy (non-hydrogen) atoms. The van der Waals surface area contributed by atoms with Crippen molar-refractivity contribution in [1.82, 2.24) is 4.98 Å². The van der Waals surface area contributed by atoms with Crippen molar-refractivity contribution in [1.29, 1.82) is 10.5 Å². The molecule has 0 unspecified atom stereocenters. The fraction of sp³-hybridized carbons (Fsp3) is 0.0714. The Labute approximate surface area is 136 Å². The minimum atomic E-state index is -5.04. The van der Waals surface area contributed by atoms with Crippen LogP contribution < -0.4 is 11.3 Å². The summed E-state index contributed by atoms with van der Waals surface area (Å²) in [5.41, 5.74) is -1.67. The summed E-state index contributed by atoms with van der Waals surface area (Å²) < 4.78 is 40.0. The van der Waals surface area contributed by atoms with Crippen molar-refractivity contribution in [3.63, 3.8) is 0 Å². The van der Waals surface area contributed by atoms with Crippen LogP contribution in [-0.2, 0) is 6.18 Å². The van der Waals surface area contributed by atoms with Gasteiger partial charge in [0.05, 0.1) is 16.1 Å². The number of pyridine rings is 1. The Balaban J connectivity index is 3.18. The second kappa shape index (κ2) is 5.98. The number of benzene rings is 1. The van der Waals surface area contributed by atoms with Crippen molar-refractivity contribution in [2.24, 2.45) is 0 Å². The van der Waals surface area contributed by atoms with Crippen molar-refractivity contribution in [3.05, 3.63) is 55.4 Å². The summed E-state index contributed by atoms with van der Waals surface area (Å²) in [7, 11) is 0. The van der Waals surface area contributed by atoms with Crippen LogP contribution in [0.15, 0.2) is 23.0 Å². The number of hydrogen-bond acceptors (Lipinski definition) is 6. The number of aromatic nitrogens is 1. The van der Waals surface area contributed by atoms with Crippen molar-refractivity contribution in [2.75, 3.05) is 5.73 Å². The average Bonchev–Trinajstić information content (AvgIpc) is 2.52. The first-order valence-electron chi connectivity index (χ1n) is 6.34. The Morgan fingerprint density at radius 1 is 1.16 bits per heavy atom. The maximum Gasteiger partial charge on any atom is 0.417 e. The topological polar surface area (TPSA) is 150 Å². The largest absolute Gasteiger partial charge is 0.417 e. The molecule has 0 saturated heterocycles. The van der Waals surface area contributed by atoms with E-state index in [1.54, 1.807) is 0 Å². The number of nitrogens with one attached hydrogen (secondary N) is 1. The van der Waals surface area contributed by atoms with Crippen LogP contribution in [0.2, 0.25) is 0 Å². The molecule has 1 aromatic heterocycles. The number of rotatable bonds is 2. The highest BCUT2D eigenvalue weighted by Gasteiger charge is 2.39. The molecule has 1 heterocycles. The van der Waals surface area contributed by atoms with E-state index in [4.69, 9.17) is 11.0 Å². The number of nitrogens with two attached hydrogens (primary N) is 1. The van der Waals surface area contributed by atoms with Crippen LogP contribution in [0.3, 0.4) is 0 Å². The van der Waals surface area contributed by atoms with Gasteiger partial charge in [-0.3, -0.25) is 14.9 Å². The van der Waals surface area contributed by atoms with E-state index in [2.05, 4.69) is 0 Å². The van der Waals surface area contributed by atoms with E-state index in [0.29, 0.717) is 6.07 Å². The second-order valence-electron chi connectivity index (χ2n) is 4.67. The lowest BCUT2D eigenvalue weighted by Crippen LogP contribution is -2.18. The second-order valence-corrected chi connectivity index (χ2v) is 4.67. The van der Waals surface area contributed by atoms with Crippen molar-refractivity contribution >= 4 is 11.5 Å². The van der Waals surface area contributed by atoms with Gasteiger partial charge in [0.15, 0.2) is 0 Å². The number of hydrogen-bond donors (Lipinski definition) is 2. The van der Waals surface area contributed by atoms with Gasteiger partial charge in [-0.2, -0.15) is 23.7 Å². The molecular weight excluding hydrogens is 343 g/mol. The average molecular weight is 349 g/mol. The van der Waals surface area contributed by atoms with Crippen LogP contribution in [-0.4, -0.2) is 9.91 Å². The number of nitrogen functional groups attached to an aromatic ring is 1. The number of halogens is 3. The van der Waals surface area contributed by atoms with Gasteiger partial charge in [0.2, 0.25) is 0 Å². The predicted molar refractivity (Wildman–Crippen MR) is 78.0 cm³/mol. The summed E-state index contributed by atoms with van der Waals surface area (Å²) in [6.45, 7) is 0. The van der Waals surface area contributed by atoms with E-state index in [1.165, 1.54) is 12.1 Å². The predicted octanol–water partition coefficient (Wildman–Crippen LogP) is 2.29. The molecule has 2 rings (SSSR count). The lowest BCUT2D eigenvalue weighted by atomic mass is 9.91. The molecule has 0 atom stereocenters. The van der Waals surface area contributed by atoms with Gasteiger partial charge >= 0.3 is 6.18 Å². The number of nitro benzene ring substituents is 1. The lowest BCUT2D eigenvalue weighted by Gasteiger charge is -2.15. The molecule has 0 radical (unpaired) electrons. The molecule has 0 fully saturated rings. The van der Waals surface area contributed by atoms with Gasteiger partial charge in [0.1, 0.15) is 29.1 Å². The third-order valence-corrected chi connectivity index (χ3v) is 3.26. The Morgan fingerprint density at radius 2 is 1.76 bits per heavy atom. The molecule has 1 aromatic carbocycles. The van der Waals surface area contributed by atoms with Crippen LogP contribution in [0.4, 0.5) is 24.7 Å². The Bertz CT molecular complexity index is 1030. The number of nitriles is 2. The van der Waals surface area contributed by atoms with Crippen molar-refractivity contribution in [3.8, 4) is 23.3 Å². The quantitative estimate of drug-likeness (QED) is 0.627. The molecule has 11 heteroatoms. The van der Waals surface area contributed by atoms with E-state index >= 15 is 0 Å². The molecular formula is C14H6F3N5O3. The zero-order valence-corrected chi connectivity index (χ0v) is 12.0. The van der Waals surface area contributed by atoms with Gasteiger partial charge in [0.25, 0.3) is 11.2 Å². The third-order valence-electron chi connectivity index (χ3n) is 3.26. The molecule has 3 N–H and O–H groups in total. The van der Waals surface area contributed by atoms with Gasteiger partial charge in [-0.15, -0.1) is 0 Å². The monoisotopic (exact) mass is 349 g/mol. The summed E-state index contributed by atoms with van der Waals surface area (Å²) in [5.74, 6) is -0.604. The number of aromatic amines is 1. The SMILES string of the molecule is N#Cc1c(N)[nH]c(=O)c(C#N)c1-c1c([N+](=O)[O-])cccc1C(F)(F)F. The van der Waals surface area contributed by atoms with Gasteiger partial charge in [-0.1, -0.05) is 6.07 Å². The Kier molecular flexibility index (Phi) is 4.18. The summed E-state index contributed by atoms with van der Waals surface area (Å²) in [4.78, 5) is 23.9. The molecule has 0 amide bonds. The van der Waals surface area contributed by atoms with Crippen molar-refractivity contribution in [2.45, 2.75) is 6.18 Å². The fourth-order valence-corrected chi connectivity index (χ4v) is 2.28. The van der Waals surface area contributed by atoms with Gasteiger partial charge in [-0.25, -0.2) is 0 Å². The Hall–Kier alpha value is -3.86. The first-order valence-corrected chi connectivity index (χ1v) is 6.34. The van der Waals surface area contributed by atoms with E-state index in [0.717, 1.165) is 12.1 Å². The Morgan fingerprint density at radius 3 is 2.24 bits per heavy atom. The normalized spacial score (nSPS) is 10.8. The van der Waals surface area contributed by atoms with E-state index < -0.39 is 56.0 Å². The number of alkyl halides is 3. The smallest absolute Gasteiger partial charge is 0.384 e. The molecule has 0 aliphatic heterocycles. The molecule has 2 aromatic rings. The number of anilines is 1. The minimum absolute atomic E-state index is 0.544. The highest BCUT2D eigenvalue weighted by molar-refractivity contribution is 5.87. The number of nitro groups is 1. The summed E-state index contributed by atoms with van der Waals surface area (Å²) >= 11 is 0. The third kappa shape index (κ3) is 2.86. The minimum Gasteiger partial charge on any atom is -0.384 e. The van der Waals surface area contributed by atoms with Crippen molar-refractivity contribution < 1.29 is 18.1 Å². The molecule has 8 nitrogen and oxygen atoms in total. The van der Waals surface area contributed by atoms with E-state index in [9.17, 15) is 33.3 Å². The highest BCUT2D eigenvalue weighted by atomic mass is 19.4. The molecule has 0 aliphatic carbocycles. The molecule has 0 spiro atoms. The zero-order valence-electron chi connectivity index (χ0n) is 12.0. The molecule has 126 valence electrons. The summed E-state index contributed by atoms with van der Waals surface area (Å²) in [5, 5.41) is 29.5. The van der Waals surface area contributed by atoms with Gasteiger partial charge in [-0.05, 0) is 6.07 Å². The van der Waals surface area contributed by atoms with Crippen LogP contribution in [0.1, 0.15) is 16.7 Å². The van der Waals surface area contributed by atoms with Crippen LogP contribution in [0.5, 0.6) is 0 Å². The zero-order chi connectivity index (χ0) is 18.9. The molecule has 0 bridgehead atoms. The van der Waals surface area contributed by atoms with E-state index in [-0.39, 0.29) is 0 Å². The van der Waals surface area contributed by atoms with Gasteiger partial charge < -0.3 is 10.7 Å². The van der Waals surface area contributed by atoms with Gasteiger partial charge in [0, 0.05) is 11.6 Å². The fourth-order valence-electron chi connectivity index (χ4n) is 2.28. The van der Waals surface area contributed by atoms with Crippen LogP contribution >= 0.6 is 0 Å². The lowest BCUT2D eigenvalue weighted by molar-refractivity contribution is -0.384. The first-order chi connectivity index (χ1) is 11.6. The highest BCUT2D eigenvalue weighted by Crippen LogP contribution is 2.44. The summed E-state index contributed by atoms with van der Waals surface area (Å²) in [6, 6.07) is 4.96. The van der Waals surface area contributed by atoms with Crippen LogP contribution in [0.25, 0.3) is 11.1 Å². The van der Waals surface area contributed by atoms with Crippen LogP contribution in [0, 0.1) is 32.8 Å². The maximum absolute atomic E-state index is 13.3. The summed E-state index contributed by atoms with van der Waals surface area (Å²) in [6.07, 6.45) is -5.04. The standard InChI is InChI=1S/C14H6F3N5O3/c15-14(16,17)8-2-1-3-9(22(24)25)11(8)10-6(4-18)12(20)21-13(23)7(10)5-19/h1-3H,(H3,20,21,23). The number of H-pyrrole nitrogens is 1. The van der Waals surface area contributed by atoms with E-state index in [1.807, 2.05) is 4.98 Å². The first kappa shape index (κ1) is 17.5. The molecule has 0 aliphatic rings. The number of nitrogens with zero attached hydrogens (tertiary/aromatic N) is 3. The maximum atomic E-state index is 13.3. The molecule has 0 saturated carbocycles.